The zero-order valence-electron chi connectivity index (χ0n) is 18.0. The predicted molar refractivity (Wildman–Crippen MR) is 124 cm³/mol. The highest BCUT2D eigenvalue weighted by Gasteiger charge is 2.22. The number of aromatic nitrogens is 5. The molecule has 3 heterocycles. The average Bonchev–Trinajstić information content (AvgIpc) is 3.35. The second-order valence-electron chi connectivity index (χ2n) is 7.56. The second-order valence-corrected chi connectivity index (χ2v) is 7.97. The van der Waals surface area contributed by atoms with Crippen molar-refractivity contribution in [3.8, 4) is 22.7 Å². The lowest BCUT2D eigenvalue weighted by molar-refractivity contribution is 0.340. The molecule has 5 aromatic rings. The van der Waals surface area contributed by atoms with E-state index in [-0.39, 0.29) is 17.0 Å². The number of imidazole rings is 2. The maximum absolute atomic E-state index is 13.7. The molecule has 3 aromatic heterocycles. The first-order valence-electron chi connectivity index (χ1n) is 10.2. The third-order valence-electron chi connectivity index (χ3n) is 5.58. The Labute approximate surface area is 191 Å². The number of benzene rings is 2. The lowest BCUT2D eigenvalue weighted by Crippen LogP contribution is -2.37. The van der Waals surface area contributed by atoms with E-state index in [0.717, 1.165) is 10.1 Å². The van der Waals surface area contributed by atoms with Crippen molar-refractivity contribution in [3.05, 3.63) is 80.3 Å². The van der Waals surface area contributed by atoms with E-state index in [0.29, 0.717) is 34.5 Å². The van der Waals surface area contributed by atoms with Crippen molar-refractivity contribution in [1.82, 2.24) is 23.1 Å². The van der Waals surface area contributed by atoms with E-state index in [1.54, 1.807) is 46.5 Å². The molecule has 0 aliphatic rings. The molecule has 0 saturated carbocycles. The van der Waals surface area contributed by atoms with E-state index >= 15 is 0 Å². The predicted octanol–water partition coefficient (Wildman–Crippen LogP) is 3.53. The molecule has 33 heavy (non-hydrogen) atoms. The molecule has 0 fully saturated rings. The molecule has 0 bridgehead atoms. The summed E-state index contributed by atoms with van der Waals surface area (Å²) in [5, 5.41) is 0.432. The molecule has 0 spiro atoms. The number of fused-ring (bicyclic) bond motifs is 3. The van der Waals surface area contributed by atoms with Gasteiger partial charge in [0, 0.05) is 31.5 Å². The van der Waals surface area contributed by atoms with E-state index in [9.17, 15) is 14.0 Å². The smallest absolute Gasteiger partial charge is 0.332 e. The summed E-state index contributed by atoms with van der Waals surface area (Å²) in [6.45, 7) is 2.35. The monoisotopic (exact) mass is 467 g/mol. The number of halogens is 2. The van der Waals surface area contributed by atoms with Gasteiger partial charge in [-0.15, -0.1) is 0 Å². The molecular weight excluding hydrogens is 449 g/mol. The zero-order valence-corrected chi connectivity index (χ0v) is 18.8. The molecule has 0 aliphatic carbocycles. The van der Waals surface area contributed by atoms with Crippen molar-refractivity contribution >= 4 is 28.5 Å². The molecular formula is C23H19ClFN5O3. The molecule has 10 heteroatoms. The molecule has 5 rings (SSSR count). The van der Waals surface area contributed by atoms with Gasteiger partial charge in [0.2, 0.25) is 5.78 Å². The molecule has 168 valence electrons. The van der Waals surface area contributed by atoms with Crippen LogP contribution in [0.5, 0.6) is 5.75 Å². The Morgan fingerprint density at radius 3 is 2.45 bits per heavy atom. The summed E-state index contributed by atoms with van der Waals surface area (Å²) >= 11 is 6.43. The Bertz CT molecular complexity index is 1660. The fraction of sp³-hybridized carbons (Fsp3) is 0.174. The number of aryl methyl sites for hydroxylation is 1. The molecule has 2 aromatic carbocycles. The largest absolute Gasteiger partial charge is 0.492 e. The molecule has 0 aliphatic heterocycles. The quantitative estimate of drug-likeness (QED) is 0.405. The first-order valence-corrected chi connectivity index (χ1v) is 10.6. The van der Waals surface area contributed by atoms with E-state index in [1.165, 1.54) is 23.7 Å². The molecule has 0 N–H and O–H groups in total. The van der Waals surface area contributed by atoms with Gasteiger partial charge in [0.1, 0.15) is 11.6 Å². The molecule has 0 atom stereocenters. The SMILES string of the molecule is CCOc1ccc(-c2cn3c4c(=O)n(C)c(=O)n(C)c4nc3n2-c2ccc(F)cc2)cc1Cl. The fourth-order valence-electron chi connectivity index (χ4n) is 3.95. The summed E-state index contributed by atoms with van der Waals surface area (Å²) in [4.78, 5) is 30.0. The Hall–Kier alpha value is -3.85. The minimum Gasteiger partial charge on any atom is -0.492 e. The van der Waals surface area contributed by atoms with Gasteiger partial charge in [0.05, 0.1) is 17.3 Å². The Morgan fingerprint density at radius 1 is 1.06 bits per heavy atom. The van der Waals surface area contributed by atoms with Crippen molar-refractivity contribution in [2.45, 2.75) is 6.92 Å². The van der Waals surface area contributed by atoms with Crippen LogP contribution in [0.3, 0.4) is 0 Å². The van der Waals surface area contributed by atoms with Crippen LogP contribution in [0.1, 0.15) is 6.92 Å². The topological polar surface area (TPSA) is 75.5 Å². The van der Waals surface area contributed by atoms with Crippen molar-refractivity contribution in [2.75, 3.05) is 6.61 Å². The van der Waals surface area contributed by atoms with Crippen LogP contribution in [0.25, 0.3) is 33.9 Å². The van der Waals surface area contributed by atoms with Crippen LogP contribution in [0.4, 0.5) is 4.39 Å². The van der Waals surface area contributed by atoms with E-state index < -0.39 is 11.2 Å². The maximum atomic E-state index is 13.7. The minimum absolute atomic E-state index is 0.255. The highest BCUT2D eigenvalue weighted by atomic mass is 35.5. The lowest BCUT2D eigenvalue weighted by Gasteiger charge is -2.11. The van der Waals surface area contributed by atoms with Crippen LogP contribution in [0.15, 0.2) is 58.3 Å². The molecule has 0 amide bonds. The maximum Gasteiger partial charge on any atom is 0.332 e. The van der Waals surface area contributed by atoms with Gasteiger partial charge in [0.25, 0.3) is 5.56 Å². The second kappa shape index (κ2) is 7.63. The van der Waals surface area contributed by atoms with Gasteiger partial charge >= 0.3 is 5.69 Å². The van der Waals surface area contributed by atoms with Crippen LogP contribution < -0.4 is 16.0 Å². The van der Waals surface area contributed by atoms with Crippen LogP contribution >= 0.6 is 11.6 Å². The fourth-order valence-corrected chi connectivity index (χ4v) is 4.19. The number of rotatable bonds is 4. The van der Waals surface area contributed by atoms with Gasteiger partial charge in [-0.1, -0.05) is 11.6 Å². The highest BCUT2D eigenvalue weighted by molar-refractivity contribution is 6.32. The molecule has 0 radical (unpaired) electrons. The average molecular weight is 468 g/mol. The molecule has 0 saturated heterocycles. The Balaban J connectivity index is 1.89. The van der Waals surface area contributed by atoms with Crippen molar-refractivity contribution in [2.24, 2.45) is 14.1 Å². The third kappa shape index (κ3) is 3.15. The number of hydrogen-bond donors (Lipinski definition) is 0. The van der Waals surface area contributed by atoms with Crippen LogP contribution in [0, 0.1) is 5.82 Å². The first-order chi connectivity index (χ1) is 15.8. The standard InChI is InChI=1S/C23H19ClFN5O3/c1-4-33-18-10-5-13(11-16(18)24)17-12-29-19-20(27(2)23(32)28(3)21(19)31)26-22(29)30(17)15-8-6-14(25)7-9-15/h5-12H,4H2,1-3H3. The highest BCUT2D eigenvalue weighted by Crippen LogP contribution is 2.34. The summed E-state index contributed by atoms with van der Waals surface area (Å²) in [5.41, 5.74) is 1.62. The van der Waals surface area contributed by atoms with Crippen LogP contribution in [-0.2, 0) is 14.1 Å². The Morgan fingerprint density at radius 2 is 1.79 bits per heavy atom. The summed E-state index contributed by atoms with van der Waals surface area (Å²) in [6.07, 6.45) is 1.76. The minimum atomic E-state index is -0.472. The van der Waals surface area contributed by atoms with Crippen molar-refractivity contribution in [1.29, 1.82) is 0 Å². The van der Waals surface area contributed by atoms with Gasteiger partial charge in [-0.2, -0.15) is 4.98 Å². The summed E-state index contributed by atoms with van der Waals surface area (Å²) < 4.78 is 25.0. The van der Waals surface area contributed by atoms with Gasteiger partial charge in [-0.05, 0) is 49.4 Å². The number of hydrogen-bond acceptors (Lipinski definition) is 4. The Kier molecular flexibility index (Phi) is 4.86. The number of nitrogens with zero attached hydrogens (tertiary/aromatic N) is 5. The molecule has 0 unspecified atom stereocenters. The van der Waals surface area contributed by atoms with Gasteiger partial charge in [0.15, 0.2) is 11.2 Å². The van der Waals surface area contributed by atoms with Gasteiger partial charge in [-0.25, -0.2) is 9.18 Å². The van der Waals surface area contributed by atoms with Gasteiger partial charge in [-0.3, -0.25) is 22.9 Å². The molecule has 8 nitrogen and oxygen atoms in total. The summed E-state index contributed by atoms with van der Waals surface area (Å²) in [7, 11) is 2.99. The summed E-state index contributed by atoms with van der Waals surface area (Å²) in [5.74, 6) is 0.578. The number of ether oxygens (including phenoxy) is 1. The lowest BCUT2D eigenvalue weighted by atomic mass is 10.1. The van der Waals surface area contributed by atoms with Crippen molar-refractivity contribution < 1.29 is 9.13 Å². The van der Waals surface area contributed by atoms with Crippen LogP contribution in [0.2, 0.25) is 5.02 Å². The third-order valence-corrected chi connectivity index (χ3v) is 5.87. The van der Waals surface area contributed by atoms with E-state index in [4.69, 9.17) is 16.3 Å². The van der Waals surface area contributed by atoms with Crippen LogP contribution in [-0.4, -0.2) is 29.7 Å². The zero-order chi connectivity index (χ0) is 23.4. The first kappa shape index (κ1) is 21.0. The van der Waals surface area contributed by atoms with E-state index in [2.05, 4.69) is 4.98 Å². The summed E-state index contributed by atoms with van der Waals surface area (Å²) in [6, 6.07) is 11.3. The van der Waals surface area contributed by atoms with Gasteiger partial charge < -0.3 is 4.74 Å². The van der Waals surface area contributed by atoms with E-state index in [1.807, 2.05) is 13.0 Å². The van der Waals surface area contributed by atoms with Crippen molar-refractivity contribution in [3.63, 3.8) is 0 Å². The normalized spacial score (nSPS) is 11.5.